The number of hydrogen-bond donors (Lipinski definition) is 1. The number of rotatable bonds is 6. The maximum atomic E-state index is 13.5. The van der Waals surface area contributed by atoms with Crippen LogP contribution >= 0.6 is 11.6 Å². The zero-order valence-corrected chi connectivity index (χ0v) is 21.2. The average Bonchev–Trinajstić information content (AvgIpc) is 3.16. The van der Waals surface area contributed by atoms with E-state index in [1.807, 2.05) is 32.9 Å². The minimum atomic E-state index is -5.16. The van der Waals surface area contributed by atoms with Crippen LogP contribution in [-0.4, -0.2) is 26.5 Å². The molecule has 3 aromatic rings. The lowest BCUT2D eigenvalue weighted by atomic mass is 9.89. The second-order valence-corrected chi connectivity index (χ2v) is 10.1. The van der Waals surface area contributed by atoms with Crippen LogP contribution in [0.3, 0.4) is 0 Å². The van der Waals surface area contributed by atoms with E-state index in [-0.39, 0.29) is 12.5 Å². The molecular formula is C25H26ClF6N5. The van der Waals surface area contributed by atoms with Crippen LogP contribution in [-0.2, 0) is 18.8 Å². The topological polar surface area (TPSA) is 57.7 Å². The summed E-state index contributed by atoms with van der Waals surface area (Å²) >= 11 is 6.20. The lowest BCUT2D eigenvalue weighted by Crippen LogP contribution is -2.38. The highest BCUT2D eigenvalue weighted by Crippen LogP contribution is 2.41. The van der Waals surface area contributed by atoms with Crippen molar-refractivity contribution in [3.05, 3.63) is 57.8 Å². The number of alkyl halides is 6. The molecule has 0 saturated heterocycles. The molecule has 1 aliphatic heterocycles. The predicted molar refractivity (Wildman–Crippen MR) is 129 cm³/mol. The number of anilines is 1. The Bertz CT molecular complexity index is 1280. The number of fused-ring (bicyclic) bond motifs is 3. The molecule has 0 spiro atoms. The largest absolute Gasteiger partial charge is 0.451 e. The summed E-state index contributed by atoms with van der Waals surface area (Å²) in [7, 11) is 0. The summed E-state index contributed by atoms with van der Waals surface area (Å²) < 4.78 is 80.8. The van der Waals surface area contributed by atoms with Gasteiger partial charge >= 0.3 is 12.4 Å². The van der Waals surface area contributed by atoms with Crippen LogP contribution in [0, 0.1) is 5.92 Å². The number of nitrogens with one attached hydrogen (secondary N) is 1. The van der Waals surface area contributed by atoms with E-state index in [4.69, 9.17) is 11.6 Å². The Kier molecular flexibility index (Phi) is 7.47. The van der Waals surface area contributed by atoms with Gasteiger partial charge in [0.05, 0.1) is 6.04 Å². The SMILES string of the molecule is CC(C)=CCCC(C)C[C@H]1c2[nH]c3ccc(Cl)cc3c2CCN1c1nc(C(F)(F)F)nc(C(F)(F)F)n1. The summed E-state index contributed by atoms with van der Waals surface area (Å²) in [5, 5.41) is 1.41. The number of allylic oxidation sites excluding steroid dienone is 2. The van der Waals surface area contributed by atoms with Crippen LogP contribution in [0.5, 0.6) is 0 Å². The first-order chi connectivity index (χ1) is 17.2. The molecule has 5 nitrogen and oxygen atoms in total. The molecule has 12 heteroatoms. The maximum absolute atomic E-state index is 13.5. The fraction of sp³-hybridized carbons (Fsp3) is 0.480. The van der Waals surface area contributed by atoms with E-state index < -0.39 is 36.0 Å². The molecule has 1 N–H and O–H groups in total. The van der Waals surface area contributed by atoms with Crippen molar-refractivity contribution in [1.82, 2.24) is 19.9 Å². The van der Waals surface area contributed by atoms with Crippen molar-refractivity contribution in [2.75, 3.05) is 11.4 Å². The smallest absolute Gasteiger partial charge is 0.356 e. The average molecular weight is 546 g/mol. The molecule has 2 aromatic heterocycles. The Hall–Kier alpha value is -2.82. The summed E-state index contributed by atoms with van der Waals surface area (Å²) in [5.41, 5.74) is 3.63. The van der Waals surface area contributed by atoms with Gasteiger partial charge in [0.15, 0.2) is 0 Å². The van der Waals surface area contributed by atoms with Crippen LogP contribution in [0.2, 0.25) is 5.02 Å². The first-order valence-electron chi connectivity index (χ1n) is 11.8. The van der Waals surface area contributed by atoms with Gasteiger partial charge in [0, 0.05) is 28.2 Å². The lowest BCUT2D eigenvalue weighted by Gasteiger charge is -2.37. The minimum Gasteiger partial charge on any atom is -0.356 e. The second-order valence-electron chi connectivity index (χ2n) is 9.64. The molecule has 0 radical (unpaired) electrons. The van der Waals surface area contributed by atoms with Crippen molar-refractivity contribution in [2.24, 2.45) is 5.92 Å². The Morgan fingerprint density at radius 3 is 2.35 bits per heavy atom. The molecule has 0 bridgehead atoms. The van der Waals surface area contributed by atoms with Crippen molar-refractivity contribution in [3.8, 4) is 0 Å². The van der Waals surface area contributed by atoms with Crippen LogP contribution in [0.25, 0.3) is 10.9 Å². The van der Waals surface area contributed by atoms with Gasteiger partial charge in [0.1, 0.15) is 0 Å². The number of aromatic nitrogens is 4. The molecule has 37 heavy (non-hydrogen) atoms. The van der Waals surface area contributed by atoms with E-state index in [2.05, 4.69) is 26.0 Å². The lowest BCUT2D eigenvalue weighted by molar-refractivity contribution is -0.155. The van der Waals surface area contributed by atoms with Crippen LogP contribution in [0.1, 0.15) is 69.0 Å². The van der Waals surface area contributed by atoms with E-state index in [0.717, 1.165) is 35.0 Å². The van der Waals surface area contributed by atoms with Crippen molar-refractivity contribution in [2.45, 2.75) is 64.8 Å². The molecule has 1 aromatic carbocycles. The predicted octanol–water partition coefficient (Wildman–Crippen LogP) is 7.92. The van der Waals surface area contributed by atoms with Gasteiger partial charge in [-0.05, 0) is 69.2 Å². The first-order valence-corrected chi connectivity index (χ1v) is 12.2. The Morgan fingerprint density at radius 1 is 1.11 bits per heavy atom. The van der Waals surface area contributed by atoms with Crippen LogP contribution < -0.4 is 4.90 Å². The fourth-order valence-electron chi connectivity index (χ4n) is 4.73. The van der Waals surface area contributed by atoms with Gasteiger partial charge in [-0.15, -0.1) is 0 Å². The number of H-pyrrole nitrogens is 1. The molecule has 1 unspecified atom stereocenters. The van der Waals surface area contributed by atoms with Gasteiger partial charge in [-0.25, -0.2) is 4.98 Å². The molecule has 0 amide bonds. The van der Waals surface area contributed by atoms with Crippen LogP contribution in [0.4, 0.5) is 32.3 Å². The third-order valence-electron chi connectivity index (χ3n) is 6.44. The van der Waals surface area contributed by atoms with E-state index in [1.54, 1.807) is 6.07 Å². The third kappa shape index (κ3) is 6.02. The molecule has 2 atom stereocenters. The van der Waals surface area contributed by atoms with Crippen LogP contribution in [0.15, 0.2) is 29.8 Å². The fourth-order valence-corrected chi connectivity index (χ4v) is 4.90. The molecule has 4 rings (SSSR count). The summed E-state index contributed by atoms with van der Waals surface area (Å²) in [6.45, 7) is 6.14. The van der Waals surface area contributed by atoms with Gasteiger partial charge in [-0.1, -0.05) is 30.2 Å². The first kappa shape index (κ1) is 27.2. The molecule has 1 aliphatic rings. The Balaban J connectivity index is 1.81. The number of aromatic amines is 1. The van der Waals surface area contributed by atoms with Gasteiger partial charge < -0.3 is 9.88 Å². The number of nitrogens with zero attached hydrogens (tertiary/aromatic N) is 4. The molecule has 0 fully saturated rings. The van der Waals surface area contributed by atoms with Crippen molar-refractivity contribution < 1.29 is 26.3 Å². The summed E-state index contributed by atoms with van der Waals surface area (Å²) in [4.78, 5) is 14.4. The second kappa shape index (κ2) is 10.2. The maximum Gasteiger partial charge on any atom is 0.451 e. The summed E-state index contributed by atoms with van der Waals surface area (Å²) in [6, 6.07) is 4.77. The van der Waals surface area contributed by atoms with Gasteiger partial charge in [-0.2, -0.15) is 36.3 Å². The van der Waals surface area contributed by atoms with Gasteiger partial charge in [0.2, 0.25) is 17.6 Å². The van der Waals surface area contributed by atoms with E-state index >= 15 is 0 Å². The highest BCUT2D eigenvalue weighted by atomic mass is 35.5. The number of halogens is 7. The monoisotopic (exact) mass is 545 g/mol. The van der Waals surface area contributed by atoms with E-state index in [9.17, 15) is 26.3 Å². The molecule has 0 aliphatic carbocycles. The highest BCUT2D eigenvalue weighted by molar-refractivity contribution is 6.31. The summed E-state index contributed by atoms with van der Waals surface area (Å²) in [6.07, 6.45) is -5.77. The van der Waals surface area contributed by atoms with Gasteiger partial charge in [-0.3, -0.25) is 0 Å². The zero-order chi connectivity index (χ0) is 27.1. The Morgan fingerprint density at radius 2 is 1.76 bits per heavy atom. The quantitative estimate of drug-likeness (QED) is 0.252. The number of benzene rings is 1. The number of hydrogen-bond acceptors (Lipinski definition) is 4. The molecule has 0 saturated carbocycles. The molecule has 200 valence electrons. The molecular weight excluding hydrogens is 520 g/mol. The molecule has 3 heterocycles. The third-order valence-corrected chi connectivity index (χ3v) is 6.67. The zero-order valence-electron chi connectivity index (χ0n) is 20.4. The van der Waals surface area contributed by atoms with E-state index in [0.29, 0.717) is 17.9 Å². The minimum absolute atomic E-state index is 0.107. The normalized spacial score (nSPS) is 17.1. The van der Waals surface area contributed by atoms with E-state index in [1.165, 1.54) is 10.5 Å². The van der Waals surface area contributed by atoms with Crippen molar-refractivity contribution in [1.29, 1.82) is 0 Å². The van der Waals surface area contributed by atoms with Crippen molar-refractivity contribution in [3.63, 3.8) is 0 Å². The van der Waals surface area contributed by atoms with Gasteiger partial charge in [0.25, 0.3) is 0 Å². The Labute approximate surface area is 215 Å². The van der Waals surface area contributed by atoms with Crippen molar-refractivity contribution >= 4 is 28.5 Å². The highest BCUT2D eigenvalue weighted by Gasteiger charge is 2.43. The standard InChI is InChI=1S/C25H26ClF6N5/c1-13(2)5-4-6-14(3)11-19-20-16(17-12-15(26)7-8-18(17)33-20)9-10-37(19)23-35-21(24(27,28)29)34-22(36-23)25(30,31)32/h5,7-8,12,14,19,33H,4,6,9-11H2,1-3H3/t14?,19-/m0/s1. The summed E-state index contributed by atoms with van der Waals surface area (Å²) in [5.74, 6) is -4.27.